The highest BCUT2D eigenvalue weighted by Gasteiger charge is 2.17. The second-order valence-electron chi connectivity index (χ2n) is 2.03. The molecule has 4 heteroatoms. The number of nitrogens with one attached hydrogen (secondary N) is 1. The van der Waals surface area contributed by atoms with Crippen LogP contribution in [0.4, 0.5) is 0 Å². The topological polar surface area (TPSA) is 69.2 Å². The molecular weight excluding hydrogens is 118 g/mol. The number of carbonyl (C=O) groups excluding carboxylic acids is 1. The molecule has 1 unspecified atom stereocenters. The highest BCUT2D eigenvalue weighted by molar-refractivity contribution is 5.80. The molecule has 1 rings (SSSR count). The largest absolute Gasteiger partial charge is 0.368 e. The summed E-state index contributed by atoms with van der Waals surface area (Å²) in [6.07, 6.45) is 0. The van der Waals surface area contributed by atoms with Crippen molar-refractivity contribution in [1.82, 2.24) is 10.6 Å². The van der Waals surface area contributed by atoms with E-state index in [1.54, 1.807) is 0 Å². The zero-order valence-electron chi connectivity index (χ0n) is 5.13. The average molecular weight is 128 g/mol. The van der Waals surface area contributed by atoms with E-state index in [-0.39, 0.29) is 11.9 Å². The maximum absolute atomic E-state index is 10.4. The second-order valence-corrected chi connectivity index (χ2v) is 2.03. The molecule has 0 aliphatic carbocycles. The maximum atomic E-state index is 10.4. The van der Waals surface area contributed by atoms with Crippen LogP contribution in [0.3, 0.4) is 0 Å². The molecule has 1 amide bonds. The lowest BCUT2D eigenvalue weighted by Crippen LogP contribution is -2.50. The normalized spacial score (nSPS) is 27.8. The molecule has 0 aromatic rings. The summed E-state index contributed by atoms with van der Waals surface area (Å²) < 4.78 is 0. The van der Waals surface area contributed by atoms with Gasteiger partial charge in [-0.25, -0.2) is 5.32 Å². The first-order chi connectivity index (χ1) is 4.30. The number of carbonyl (C=O) groups is 1. The van der Waals surface area contributed by atoms with Gasteiger partial charge in [-0.1, -0.05) is 0 Å². The van der Waals surface area contributed by atoms with Gasteiger partial charge in [-0.3, -0.25) is 4.79 Å². The minimum Gasteiger partial charge on any atom is -0.368 e. The quantitative estimate of drug-likeness (QED) is 0.431. The zero-order chi connectivity index (χ0) is 6.69. The van der Waals surface area contributed by atoms with Crippen molar-refractivity contribution in [2.24, 2.45) is 5.73 Å². The number of nitrogens with zero attached hydrogens (tertiary/aromatic N) is 1. The molecule has 0 aromatic carbocycles. The Morgan fingerprint density at radius 1 is 1.78 bits per heavy atom. The van der Waals surface area contributed by atoms with E-state index in [9.17, 15) is 4.79 Å². The molecule has 1 radical (unpaired) electrons. The molecule has 4 nitrogen and oxygen atoms in total. The van der Waals surface area contributed by atoms with Crippen LogP contribution in [-0.4, -0.2) is 31.6 Å². The van der Waals surface area contributed by atoms with E-state index in [1.165, 1.54) is 0 Å². The Morgan fingerprint density at radius 2 is 2.56 bits per heavy atom. The van der Waals surface area contributed by atoms with Gasteiger partial charge in [0.2, 0.25) is 5.91 Å². The fourth-order valence-corrected chi connectivity index (χ4v) is 0.793. The minimum absolute atomic E-state index is 0.293. The lowest BCUT2D eigenvalue weighted by Gasteiger charge is -2.19. The Bertz CT molecular complexity index is 109. The van der Waals surface area contributed by atoms with Gasteiger partial charge in [0, 0.05) is 19.6 Å². The maximum Gasteiger partial charge on any atom is 0.237 e. The smallest absolute Gasteiger partial charge is 0.237 e. The van der Waals surface area contributed by atoms with Gasteiger partial charge in [0.05, 0.1) is 0 Å². The van der Waals surface area contributed by atoms with Gasteiger partial charge in [0.15, 0.2) is 0 Å². The van der Waals surface area contributed by atoms with E-state index in [1.807, 2.05) is 0 Å². The molecule has 1 atom stereocenters. The van der Waals surface area contributed by atoms with Crippen LogP contribution in [0.15, 0.2) is 0 Å². The fourth-order valence-electron chi connectivity index (χ4n) is 0.793. The predicted molar refractivity (Wildman–Crippen MR) is 32.9 cm³/mol. The van der Waals surface area contributed by atoms with Gasteiger partial charge < -0.3 is 11.1 Å². The van der Waals surface area contributed by atoms with Crippen molar-refractivity contribution in [1.29, 1.82) is 0 Å². The minimum atomic E-state index is -0.331. The third-order valence-electron chi connectivity index (χ3n) is 1.30. The van der Waals surface area contributed by atoms with Crippen LogP contribution in [0.2, 0.25) is 0 Å². The number of hydrogen-bond acceptors (Lipinski definition) is 2. The Labute approximate surface area is 53.8 Å². The second kappa shape index (κ2) is 2.80. The van der Waals surface area contributed by atoms with Gasteiger partial charge in [0.1, 0.15) is 6.04 Å². The molecule has 0 spiro atoms. The number of rotatable bonds is 1. The van der Waals surface area contributed by atoms with Gasteiger partial charge in [-0.05, 0) is 0 Å². The van der Waals surface area contributed by atoms with Crippen molar-refractivity contribution in [3.8, 4) is 0 Å². The van der Waals surface area contributed by atoms with Crippen LogP contribution in [0.25, 0.3) is 0 Å². The van der Waals surface area contributed by atoms with Gasteiger partial charge in [-0.2, -0.15) is 0 Å². The monoisotopic (exact) mass is 128 g/mol. The standard InChI is InChI=1S/C5H10N3O/c6-5(9)4-3-7-1-2-8-4/h4,7H,1-3H2,(H2,6,9). The molecule has 1 heterocycles. The van der Waals surface area contributed by atoms with E-state index >= 15 is 0 Å². The first-order valence-electron chi connectivity index (χ1n) is 2.97. The Hall–Kier alpha value is -0.610. The summed E-state index contributed by atoms with van der Waals surface area (Å²) in [6.45, 7) is 2.17. The summed E-state index contributed by atoms with van der Waals surface area (Å²) in [7, 11) is 0. The third-order valence-corrected chi connectivity index (χ3v) is 1.30. The molecule has 0 aromatic heterocycles. The molecular formula is C5H10N3O. The van der Waals surface area contributed by atoms with Crippen molar-refractivity contribution >= 4 is 5.91 Å². The van der Waals surface area contributed by atoms with Crippen molar-refractivity contribution in [3.05, 3.63) is 0 Å². The van der Waals surface area contributed by atoms with Gasteiger partial charge in [0.25, 0.3) is 0 Å². The molecule has 1 aliphatic heterocycles. The zero-order valence-corrected chi connectivity index (χ0v) is 5.13. The summed E-state index contributed by atoms with van der Waals surface area (Å²) in [5.41, 5.74) is 4.99. The van der Waals surface area contributed by atoms with Crippen molar-refractivity contribution < 1.29 is 4.79 Å². The Balaban J connectivity index is 2.31. The van der Waals surface area contributed by atoms with E-state index < -0.39 is 0 Å². The van der Waals surface area contributed by atoms with E-state index in [0.29, 0.717) is 13.1 Å². The van der Waals surface area contributed by atoms with E-state index in [4.69, 9.17) is 5.73 Å². The summed E-state index contributed by atoms with van der Waals surface area (Å²) in [5.74, 6) is -0.331. The van der Waals surface area contributed by atoms with Crippen LogP contribution in [0.5, 0.6) is 0 Å². The molecule has 1 fully saturated rings. The van der Waals surface area contributed by atoms with Crippen LogP contribution in [0, 0.1) is 0 Å². The lowest BCUT2D eigenvalue weighted by molar-refractivity contribution is -0.120. The average Bonchev–Trinajstić information content (AvgIpc) is 1.90. The van der Waals surface area contributed by atoms with E-state index in [2.05, 4.69) is 10.6 Å². The van der Waals surface area contributed by atoms with Crippen molar-refractivity contribution in [2.45, 2.75) is 6.04 Å². The summed E-state index contributed by atoms with van der Waals surface area (Å²) in [5, 5.41) is 7.01. The number of amides is 1. The Morgan fingerprint density at radius 3 is 2.89 bits per heavy atom. The first kappa shape index (κ1) is 6.51. The van der Waals surface area contributed by atoms with Crippen LogP contribution in [-0.2, 0) is 4.79 Å². The van der Waals surface area contributed by atoms with Gasteiger partial charge in [-0.15, -0.1) is 0 Å². The summed E-state index contributed by atoms with van der Waals surface area (Å²) >= 11 is 0. The first-order valence-corrected chi connectivity index (χ1v) is 2.97. The highest BCUT2D eigenvalue weighted by atomic mass is 16.1. The van der Waals surface area contributed by atoms with Crippen molar-refractivity contribution in [3.63, 3.8) is 0 Å². The SMILES string of the molecule is NC(=O)C1CNCC[N]1. The molecule has 1 aliphatic rings. The molecule has 0 saturated carbocycles. The molecule has 1 saturated heterocycles. The summed E-state index contributed by atoms with van der Waals surface area (Å²) in [6, 6.07) is -0.293. The molecule has 9 heavy (non-hydrogen) atoms. The van der Waals surface area contributed by atoms with Crippen LogP contribution >= 0.6 is 0 Å². The predicted octanol–water partition coefficient (Wildman–Crippen LogP) is -1.95. The lowest BCUT2D eigenvalue weighted by atomic mass is 10.2. The molecule has 3 N–H and O–H groups in total. The van der Waals surface area contributed by atoms with Crippen LogP contribution < -0.4 is 16.4 Å². The van der Waals surface area contributed by atoms with Gasteiger partial charge >= 0.3 is 0 Å². The Kier molecular flexibility index (Phi) is 2.02. The van der Waals surface area contributed by atoms with E-state index in [0.717, 1.165) is 6.54 Å². The highest BCUT2D eigenvalue weighted by Crippen LogP contribution is 1.86. The number of primary amides is 1. The molecule has 0 bridgehead atoms. The van der Waals surface area contributed by atoms with Crippen molar-refractivity contribution in [2.75, 3.05) is 19.6 Å². The summed E-state index contributed by atoms with van der Waals surface area (Å²) in [4.78, 5) is 10.4. The number of nitrogens with two attached hydrogens (primary N) is 1. The number of hydrogen-bond donors (Lipinski definition) is 2. The molecule has 51 valence electrons. The van der Waals surface area contributed by atoms with Crippen LogP contribution in [0.1, 0.15) is 0 Å². The third kappa shape index (κ3) is 1.65. The fraction of sp³-hybridized carbons (Fsp3) is 0.800. The number of piperazine rings is 1.